The molecule has 0 heterocycles. The van der Waals surface area contributed by atoms with Gasteiger partial charge < -0.3 is 0 Å². The first-order chi connectivity index (χ1) is 13.9. The number of Topliss-reactive ketones (excluding diaryl/α,β-unsaturated/α-hetero) is 2. The van der Waals surface area contributed by atoms with E-state index in [0.29, 0.717) is 23.4 Å². The Kier molecular flexibility index (Phi) is 3.89. The van der Waals surface area contributed by atoms with E-state index in [9.17, 15) is 9.59 Å². The van der Waals surface area contributed by atoms with Crippen molar-refractivity contribution in [3.8, 4) is 0 Å². The SMILES string of the molecule is CC12CCC(C(=Cc3cccc(C=C4C(=O)C5(C)CCC4C5(C)C)c3)C1=O)C2(C)C. The molecule has 0 saturated heterocycles. The molecule has 0 N–H and O–H groups in total. The quantitative estimate of drug-likeness (QED) is 0.529. The van der Waals surface area contributed by atoms with Crippen LogP contribution in [0.4, 0.5) is 0 Å². The number of benzene rings is 1. The van der Waals surface area contributed by atoms with Crippen molar-refractivity contribution >= 4 is 23.7 Å². The van der Waals surface area contributed by atoms with Crippen LogP contribution in [0.5, 0.6) is 0 Å². The molecule has 4 aliphatic carbocycles. The third-order valence-electron chi connectivity index (χ3n) is 10.3. The summed E-state index contributed by atoms with van der Waals surface area (Å²) in [6.45, 7) is 13.3. The lowest BCUT2D eigenvalue weighted by atomic mass is 9.70. The molecule has 4 aliphatic rings. The number of carbonyl (C=O) groups excluding carboxylic acids is 2. The number of allylic oxidation sites excluding steroid dienone is 2. The minimum Gasteiger partial charge on any atom is -0.294 e. The second kappa shape index (κ2) is 5.84. The number of fused-ring (bicyclic) bond motifs is 4. The molecule has 4 fully saturated rings. The predicted octanol–water partition coefficient (Wildman–Crippen LogP) is 6.50. The summed E-state index contributed by atoms with van der Waals surface area (Å²) in [5, 5.41) is 0. The van der Waals surface area contributed by atoms with E-state index >= 15 is 0 Å². The van der Waals surface area contributed by atoms with Gasteiger partial charge in [0.2, 0.25) is 0 Å². The molecule has 1 aromatic rings. The van der Waals surface area contributed by atoms with Crippen molar-refractivity contribution in [2.24, 2.45) is 33.5 Å². The van der Waals surface area contributed by atoms with Crippen LogP contribution in [0.2, 0.25) is 0 Å². The fourth-order valence-corrected chi connectivity index (χ4v) is 7.29. The zero-order valence-corrected chi connectivity index (χ0v) is 19.3. The van der Waals surface area contributed by atoms with E-state index in [1.54, 1.807) is 0 Å². The van der Waals surface area contributed by atoms with Gasteiger partial charge in [0.25, 0.3) is 0 Å². The Hall–Kier alpha value is -1.96. The molecule has 4 unspecified atom stereocenters. The van der Waals surface area contributed by atoms with Crippen molar-refractivity contribution < 1.29 is 9.59 Å². The van der Waals surface area contributed by atoms with Gasteiger partial charge >= 0.3 is 0 Å². The second-order valence-electron chi connectivity index (χ2n) is 11.8. The summed E-state index contributed by atoms with van der Waals surface area (Å²) in [6, 6.07) is 8.35. The van der Waals surface area contributed by atoms with Crippen molar-refractivity contribution in [3.05, 3.63) is 46.5 Å². The zero-order chi connectivity index (χ0) is 21.7. The van der Waals surface area contributed by atoms with E-state index in [4.69, 9.17) is 0 Å². The topological polar surface area (TPSA) is 34.1 Å². The molecule has 0 radical (unpaired) electrons. The molecule has 2 heteroatoms. The summed E-state index contributed by atoms with van der Waals surface area (Å²) in [4.78, 5) is 26.4. The summed E-state index contributed by atoms with van der Waals surface area (Å²) < 4.78 is 0. The van der Waals surface area contributed by atoms with E-state index in [1.807, 2.05) is 6.07 Å². The molecule has 2 nitrogen and oxygen atoms in total. The summed E-state index contributed by atoms with van der Waals surface area (Å²) in [5.74, 6) is 1.38. The molecule has 1 aromatic carbocycles. The van der Waals surface area contributed by atoms with Gasteiger partial charge in [0, 0.05) is 10.8 Å². The molecule has 4 atom stereocenters. The lowest BCUT2D eigenvalue weighted by Gasteiger charge is -2.31. The highest BCUT2D eigenvalue weighted by Crippen LogP contribution is 2.66. The molecule has 4 bridgehead atoms. The average Bonchev–Trinajstić information content (AvgIpc) is 3.16. The monoisotopic (exact) mass is 402 g/mol. The summed E-state index contributed by atoms with van der Waals surface area (Å²) >= 11 is 0. The molecule has 0 amide bonds. The van der Waals surface area contributed by atoms with Gasteiger partial charge in [-0.3, -0.25) is 9.59 Å². The zero-order valence-electron chi connectivity index (χ0n) is 19.3. The van der Waals surface area contributed by atoms with Gasteiger partial charge in [0.05, 0.1) is 0 Å². The van der Waals surface area contributed by atoms with E-state index in [2.05, 4.69) is 71.9 Å². The van der Waals surface area contributed by atoms with Gasteiger partial charge in [-0.25, -0.2) is 0 Å². The van der Waals surface area contributed by atoms with Crippen molar-refractivity contribution in [1.29, 1.82) is 0 Å². The van der Waals surface area contributed by atoms with E-state index < -0.39 is 0 Å². The highest BCUT2D eigenvalue weighted by Gasteiger charge is 2.64. The highest BCUT2D eigenvalue weighted by molar-refractivity contribution is 6.09. The van der Waals surface area contributed by atoms with Crippen molar-refractivity contribution in [1.82, 2.24) is 0 Å². The smallest absolute Gasteiger partial charge is 0.165 e. The van der Waals surface area contributed by atoms with Crippen LogP contribution >= 0.6 is 0 Å². The first-order valence-electron chi connectivity index (χ1n) is 11.6. The van der Waals surface area contributed by atoms with Gasteiger partial charge in [-0.05, 0) is 88.8 Å². The van der Waals surface area contributed by atoms with Crippen LogP contribution in [0.3, 0.4) is 0 Å². The fraction of sp³-hybridized carbons (Fsp3) is 0.571. The molecular weight excluding hydrogens is 368 g/mol. The maximum atomic E-state index is 13.2. The van der Waals surface area contributed by atoms with Gasteiger partial charge in [-0.1, -0.05) is 59.7 Å². The molecule has 0 aromatic heterocycles. The van der Waals surface area contributed by atoms with Crippen LogP contribution in [-0.4, -0.2) is 11.6 Å². The first kappa shape index (κ1) is 20.0. The lowest BCUT2D eigenvalue weighted by Crippen LogP contribution is -2.32. The third-order valence-corrected chi connectivity index (χ3v) is 10.3. The maximum Gasteiger partial charge on any atom is 0.165 e. The summed E-state index contributed by atoms with van der Waals surface area (Å²) in [6.07, 6.45) is 8.46. The standard InChI is InChI=1S/C28H34O2/c1-25(2)21-10-12-27(25,5)23(29)19(21)15-17-8-7-9-18(14-17)16-20-22-11-13-28(6,24(20)30)26(22,3)4/h7-9,14-16,21-22H,10-13H2,1-6H3. The Labute approximate surface area is 180 Å². The number of rotatable bonds is 2. The maximum absolute atomic E-state index is 13.2. The van der Waals surface area contributed by atoms with Crippen molar-refractivity contribution in [2.75, 3.05) is 0 Å². The third kappa shape index (κ3) is 2.21. The van der Waals surface area contributed by atoms with Gasteiger partial charge in [0.1, 0.15) is 0 Å². The molecule has 158 valence electrons. The van der Waals surface area contributed by atoms with Crippen LogP contribution < -0.4 is 0 Å². The van der Waals surface area contributed by atoms with Crippen molar-refractivity contribution in [3.63, 3.8) is 0 Å². The van der Waals surface area contributed by atoms with E-state index in [-0.39, 0.29) is 21.7 Å². The predicted molar refractivity (Wildman–Crippen MR) is 122 cm³/mol. The summed E-state index contributed by atoms with van der Waals surface area (Å²) in [5.41, 5.74) is 3.77. The van der Waals surface area contributed by atoms with Crippen LogP contribution in [0.25, 0.3) is 12.2 Å². The van der Waals surface area contributed by atoms with Gasteiger partial charge in [-0.15, -0.1) is 0 Å². The molecule has 0 spiro atoms. The van der Waals surface area contributed by atoms with Crippen molar-refractivity contribution in [2.45, 2.75) is 67.2 Å². The fourth-order valence-electron chi connectivity index (χ4n) is 7.29. The largest absolute Gasteiger partial charge is 0.294 e. The van der Waals surface area contributed by atoms with Crippen LogP contribution in [0, 0.1) is 33.5 Å². The highest BCUT2D eigenvalue weighted by atomic mass is 16.1. The number of hydrogen-bond acceptors (Lipinski definition) is 2. The molecule has 30 heavy (non-hydrogen) atoms. The van der Waals surface area contributed by atoms with E-state index in [1.165, 1.54) is 0 Å². The molecule has 0 aliphatic heterocycles. The Bertz CT molecular complexity index is 957. The van der Waals surface area contributed by atoms with Gasteiger partial charge in [-0.2, -0.15) is 0 Å². The second-order valence-corrected chi connectivity index (χ2v) is 11.8. The molecular formula is C28H34O2. The Morgan fingerprint density at radius 1 is 0.733 bits per heavy atom. The molecule has 5 rings (SSSR count). The minimum atomic E-state index is -0.223. The number of carbonyl (C=O) groups is 2. The van der Waals surface area contributed by atoms with E-state index in [0.717, 1.165) is 48.0 Å². The average molecular weight is 403 g/mol. The first-order valence-corrected chi connectivity index (χ1v) is 11.6. The number of hydrogen-bond donors (Lipinski definition) is 0. The van der Waals surface area contributed by atoms with Crippen LogP contribution in [-0.2, 0) is 9.59 Å². The minimum absolute atomic E-state index is 0.0338. The molecule has 4 saturated carbocycles. The Balaban J connectivity index is 1.50. The van der Waals surface area contributed by atoms with Crippen LogP contribution in [0.1, 0.15) is 78.4 Å². The Morgan fingerprint density at radius 3 is 1.47 bits per heavy atom. The lowest BCUT2D eigenvalue weighted by molar-refractivity contribution is -0.126. The van der Waals surface area contributed by atoms with Crippen LogP contribution in [0.15, 0.2) is 35.4 Å². The number of ketones is 2. The Morgan fingerprint density at radius 2 is 1.13 bits per heavy atom. The summed E-state index contributed by atoms with van der Waals surface area (Å²) in [7, 11) is 0. The normalized spacial score (nSPS) is 40.9. The van der Waals surface area contributed by atoms with Gasteiger partial charge in [0.15, 0.2) is 11.6 Å².